The summed E-state index contributed by atoms with van der Waals surface area (Å²) in [6.45, 7) is 20.8. The number of hydrogen-bond donors (Lipinski definition) is 1. The van der Waals surface area contributed by atoms with Gasteiger partial charge in [0.15, 0.2) is 28.9 Å². The number of piperidine rings is 1. The van der Waals surface area contributed by atoms with Gasteiger partial charge in [0.1, 0.15) is 11.4 Å². The molecule has 4 aliphatic rings. The summed E-state index contributed by atoms with van der Waals surface area (Å²) >= 11 is 0. The SMILES string of the molecule is [C-]#[N+]c1ccc2c(n1)[C@@H](C)CCN2c1nn(C2CCCCO2)c2nc(N3CCC4(CC3)CO[C@@H](C)[C@H]4NC(=O)OC(C)(C)C)cnc12. The van der Waals surface area contributed by atoms with Gasteiger partial charge in [-0.1, -0.05) is 13.5 Å². The Bertz CT molecular complexity index is 1680. The van der Waals surface area contributed by atoms with Crippen molar-refractivity contribution < 1.29 is 19.0 Å². The maximum Gasteiger partial charge on any atom is 0.407 e. The highest BCUT2D eigenvalue weighted by atomic mass is 16.6. The average Bonchev–Trinajstić information content (AvgIpc) is 3.58. The Balaban J connectivity index is 1.17. The number of hydrogen-bond acceptors (Lipinski definition) is 10. The van der Waals surface area contributed by atoms with Gasteiger partial charge in [-0.05, 0) is 78.4 Å². The lowest BCUT2D eigenvalue weighted by Gasteiger charge is -2.42. The van der Waals surface area contributed by atoms with Crippen LogP contribution in [0.4, 0.5) is 27.9 Å². The number of amides is 1. The van der Waals surface area contributed by atoms with E-state index in [1.807, 2.05) is 44.6 Å². The molecule has 0 aliphatic carbocycles. The third-order valence-corrected chi connectivity index (χ3v) is 10.1. The second-order valence-corrected chi connectivity index (χ2v) is 14.5. The van der Waals surface area contributed by atoms with E-state index in [1.165, 1.54) is 0 Å². The Morgan fingerprint density at radius 2 is 1.91 bits per heavy atom. The number of anilines is 3. The monoisotopic (exact) mass is 643 g/mol. The van der Waals surface area contributed by atoms with Gasteiger partial charge in [-0.25, -0.2) is 19.4 Å². The second-order valence-electron chi connectivity index (χ2n) is 14.5. The van der Waals surface area contributed by atoms with Crippen LogP contribution in [0.1, 0.15) is 91.0 Å². The van der Waals surface area contributed by atoms with Crippen LogP contribution in [0.2, 0.25) is 0 Å². The molecule has 0 bridgehead atoms. The summed E-state index contributed by atoms with van der Waals surface area (Å²) in [4.78, 5) is 35.6. The smallest absolute Gasteiger partial charge is 0.407 e. The number of nitrogens with zero attached hydrogens (tertiary/aromatic N) is 8. The van der Waals surface area contributed by atoms with Gasteiger partial charge in [-0.15, -0.1) is 10.1 Å². The van der Waals surface area contributed by atoms with Crippen LogP contribution in [0.25, 0.3) is 16.0 Å². The predicted molar refractivity (Wildman–Crippen MR) is 177 cm³/mol. The number of rotatable bonds is 4. The molecule has 3 saturated heterocycles. The largest absolute Gasteiger partial charge is 0.444 e. The van der Waals surface area contributed by atoms with Gasteiger partial charge in [0.05, 0.1) is 30.6 Å². The zero-order valence-corrected chi connectivity index (χ0v) is 28.0. The van der Waals surface area contributed by atoms with E-state index in [0.29, 0.717) is 24.7 Å². The van der Waals surface area contributed by atoms with E-state index in [4.69, 9.17) is 35.8 Å². The predicted octanol–water partition coefficient (Wildman–Crippen LogP) is 6.02. The van der Waals surface area contributed by atoms with Crippen molar-refractivity contribution in [3.05, 3.63) is 35.4 Å². The molecule has 7 heterocycles. The molecule has 13 nitrogen and oxygen atoms in total. The maximum atomic E-state index is 12.7. The normalized spacial score (nSPS) is 25.9. The lowest BCUT2D eigenvalue weighted by Crippen LogP contribution is -2.55. The molecule has 4 aliphatic heterocycles. The number of nitrogens with one attached hydrogen (secondary N) is 1. The van der Waals surface area contributed by atoms with Gasteiger partial charge in [0, 0.05) is 37.6 Å². The average molecular weight is 644 g/mol. The minimum absolute atomic E-state index is 0.0977. The summed E-state index contributed by atoms with van der Waals surface area (Å²) in [5.41, 5.74) is 2.57. The molecule has 1 N–H and O–H groups in total. The number of aromatic nitrogens is 5. The van der Waals surface area contributed by atoms with E-state index in [-0.39, 0.29) is 29.7 Å². The highest BCUT2D eigenvalue weighted by Crippen LogP contribution is 2.44. The first kappa shape index (κ1) is 31.6. The van der Waals surface area contributed by atoms with Crippen molar-refractivity contribution in [1.29, 1.82) is 0 Å². The Labute approximate surface area is 275 Å². The van der Waals surface area contributed by atoms with Crippen LogP contribution in [0.3, 0.4) is 0 Å². The zero-order chi connectivity index (χ0) is 32.9. The first-order chi connectivity index (χ1) is 22.5. The van der Waals surface area contributed by atoms with Crippen molar-refractivity contribution in [3.8, 4) is 0 Å². The Kier molecular flexibility index (Phi) is 8.20. The van der Waals surface area contributed by atoms with Crippen molar-refractivity contribution in [2.45, 2.75) is 103 Å². The fourth-order valence-electron chi connectivity index (χ4n) is 7.57. The third-order valence-electron chi connectivity index (χ3n) is 10.1. The topological polar surface area (TPSA) is 124 Å². The van der Waals surface area contributed by atoms with Crippen LogP contribution < -0.4 is 15.1 Å². The molecule has 1 unspecified atom stereocenters. The summed E-state index contributed by atoms with van der Waals surface area (Å²) in [6, 6.07) is 3.63. The second kappa shape index (κ2) is 12.2. The summed E-state index contributed by atoms with van der Waals surface area (Å²) in [5.74, 6) is 2.19. The number of fused-ring (bicyclic) bond motifs is 2. The number of carbonyl (C=O) groups excluding carboxylic acids is 1. The molecule has 4 atom stereocenters. The fourth-order valence-corrected chi connectivity index (χ4v) is 7.57. The van der Waals surface area contributed by atoms with Crippen molar-refractivity contribution in [3.63, 3.8) is 0 Å². The number of carbonyl (C=O) groups is 1. The van der Waals surface area contributed by atoms with E-state index in [0.717, 1.165) is 86.7 Å². The summed E-state index contributed by atoms with van der Waals surface area (Å²) in [5, 5.41) is 8.27. The molecule has 7 rings (SSSR count). The molecule has 0 aromatic carbocycles. The quantitative estimate of drug-likeness (QED) is 0.338. The molecule has 3 aromatic rings. The summed E-state index contributed by atoms with van der Waals surface area (Å²) in [6.07, 6.45) is 6.69. The van der Waals surface area contributed by atoms with Crippen molar-refractivity contribution >= 4 is 40.4 Å². The molecule has 3 fully saturated rings. The summed E-state index contributed by atoms with van der Waals surface area (Å²) in [7, 11) is 0. The summed E-state index contributed by atoms with van der Waals surface area (Å²) < 4.78 is 19.8. The molecule has 13 heteroatoms. The van der Waals surface area contributed by atoms with E-state index in [2.05, 4.69) is 31.9 Å². The van der Waals surface area contributed by atoms with Crippen LogP contribution in [-0.4, -0.2) is 81.4 Å². The number of alkyl carbamates (subject to hydrolysis) is 1. The van der Waals surface area contributed by atoms with Gasteiger partial charge in [-0.2, -0.15) is 0 Å². The van der Waals surface area contributed by atoms with Gasteiger partial charge in [-0.3, -0.25) is 0 Å². The third kappa shape index (κ3) is 5.97. The van der Waals surface area contributed by atoms with E-state index >= 15 is 0 Å². The van der Waals surface area contributed by atoms with Gasteiger partial charge < -0.3 is 34.2 Å². The molecule has 3 aromatic heterocycles. The standard InChI is InChI=1S/C34H45N9O4/c1-21-12-15-42(23-10-11-24(35-6)37-27(21)23)31-28-30(43(40-31)26-9-7-8-18-45-26)38-25(19-36-28)41-16-13-34(14-17-41)20-46-22(2)29(34)39-32(44)47-33(3,4)5/h10-11,19,21-22,26,29H,7-9,12-18,20H2,1-5H3,(H,39,44)/t21-,22-,26?,29+/m0/s1. The van der Waals surface area contributed by atoms with Crippen molar-refractivity contribution in [2.24, 2.45) is 5.41 Å². The Morgan fingerprint density at radius 1 is 1.11 bits per heavy atom. The highest BCUT2D eigenvalue weighted by Gasteiger charge is 2.50. The van der Waals surface area contributed by atoms with E-state index in [1.54, 1.807) is 6.07 Å². The number of pyridine rings is 1. The lowest BCUT2D eigenvalue weighted by atomic mass is 9.73. The Morgan fingerprint density at radius 3 is 2.64 bits per heavy atom. The highest BCUT2D eigenvalue weighted by molar-refractivity contribution is 5.88. The van der Waals surface area contributed by atoms with Gasteiger partial charge >= 0.3 is 6.09 Å². The number of ether oxygens (including phenoxy) is 3. The minimum Gasteiger partial charge on any atom is -0.444 e. The molecular formula is C34H45N9O4. The van der Waals surface area contributed by atoms with Crippen LogP contribution in [0, 0.1) is 12.0 Å². The fraction of sp³-hybridized carbons (Fsp3) is 0.647. The molecule has 47 heavy (non-hydrogen) atoms. The van der Waals surface area contributed by atoms with Crippen molar-refractivity contribution in [1.82, 2.24) is 30.0 Å². The van der Waals surface area contributed by atoms with E-state index in [9.17, 15) is 4.79 Å². The van der Waals surface area contributed by atoms with Crippen LogP contribution in [0.5, 0.6) is 0 Å². The van der Waals surface area contributed by atoms with Crippen LogP contribution in [-0.2, 0) is 14.2 Å². The molecular weight excluding hydrogens is 598 g/mol. The maximum absolute atomic E-state index is 12.7. The molecule has 1 spiro atoms. The van der Waals surface area contributed by atoms with Gasteiger partial charge in [0.25, 0.3) is 5.82 Å². The Hall–Kier alpha value is -4.02. The molecule has 0 saturated carbocycles. The van der Waals surface area contributed by atoms with Gasteiger partial charge in [0.2, 0.25) is 0 Å². The zero-order valence-electron chi connectivity index (χ0n) is 28.0. The first-order valence-corrected chi connectivity index (χ1v) is 16.9. The van der Waals surface area contributed by atoms with Crippen LogP contribution in [0.15, 0.2) is 18.3 Å². The van der Waals surface area contributed by atoms with E-state index < -0.39 is 11.7 Å². The van der Waals surface area contributed by atoms with Crippen LogP contribution >= 0.6 is 0 Å². The van der Waals surface area contributed by atoms with Crippen molar-refractivity contribution in [2.75, 3.05) is 42.6 Å². The molecule has 0 radical (unpaired) electrons. The first-order valence-electron chi connectivity index (χ1n) is 16.9. The molecule has 1 amide bonds. The minimum atomic E-state index is -0.565. The molecule has 250 valence electrons. The lowest BCUT2D eigenvalue weighted by molar-refractivity contribution is -0.0368.